The largest absolute Gasteiger partial charge is 0.378 e. The third kappa shape index (κ3) is 10.7. The summed E-state index contributed by atoms with van der Waals surface area (Å²) in [5, 5.41) is 13.5. The molecule has 2 aliphatic heterocycles. The zero-order valence-corrected chi connectivity index (χ0v) is 33.2. The monoisotopic (exact) mass is 796 g/mol. The first-order valence-electron chi connectivity index (χ1n) is 19.7. The average molecular weight is 797 g/mol. The first-order chi connectivity index (χ1) is 26.8. The maximum atomic E-state index is 12.9. The summed E-state index contributed by atoms with van der Waals surface area (Å²) < 4.78 is 19.3. The lowest BCUT2D eigenvalue weighted by Crippen LogP contribution is -2.52. The van der Waals surface area contributed by atoms with Crippen LogP contribution in [0.4, 0.5) is 5.95 Å². The van der Waals surface area contributed by atoms with Crippen LogP contribution in [0.15, 0.2) is 24.5 Å². The predicted molar refractivity (Wildman–Crippen MR) is 210 cm³/mol. The number of fused-ring (bicyclic) bond motifs is 1. The smallest absolute Gasteiger partial charge is 0.265 e. The molecule has 1 unspecified atom stereocenters. The molecule has 3 amide bonds. The van der Waals surface area contributed by atoms with Crippen molar-refractivity contribution in [3.63, 3.8) is 0 Å². The molecule has 14 nitrogen and oxygen atoms in total. The van der Waals surface area contributed by atoms with Gasteiger partial charge in [0, 0.05) is 74.1 Å². The second-order valence-electron chi connectivity index (χ2n) is 15.0. The van der Waals surface area contributed by atoms with Crippen LogP contribution in [0, 0.1) is 5.92 Å². The number of nitrogens with zero attached hydrogens (tertiary/aromatic N) is 4. The van der Waals surface area contributed by atoms with Gasteiger partial charge in [-0.05, 0) is 75.0 Å². The van der Waals surface area contributed by atoms with Crippen LogP contribution in [-0.4, -0.2) is 108 Å². The molecule has 3 aromatic rings. The number of thiophene rings is 1. The van der Waals surface area contributed by atoms with E-state index in [0.717, 1.165) is 66.3 Å². The summed E-state index contributed by atoms with van der Waals surface area (Å²) in [5.41, 5.74) is 4.17. The van der Waals surface area contributed by atoms with Crippen LogP contribution in [0.5, 0.6) is 0 Å². The molecule has 0 bridgehead atoms. The number of nitrogens with one attached hydrogen (secondary N) is 4. The van der Waals surface area contributed by atoms with Gasteiger partial charge in [0.05, 0.1) is 61.4 Å². The molecule has 0 radical (unpaired) electrons. The van der Waals surface area contributed by atoms with Crippen molar-refractivity contribution in [2.45, 2.75) is 89.0 Å². The summed E-state index contributed by atoms with van der Waals surface area (Å²) in [6.45, 7) is 5.85. The third-order valence-corrected chi connectivity index (χ3v) is 12.3. The van der Waals surface area contributed by atoms with Gasteiger partial charge in [0.1, 0.15) is 6.04 Å². The lowest BCUT2D eigenvalue weighted by molar-refractivity contribution is -0.136. The van der Waals surface area contributed by atoms with E-state index in [0.29, 0.717) is 93.6 Å². The van der Waals surface area contributed by atoms with Crippen molar-refractivity contribution in [3.8, 4) is 11.3 Å². The van der Waals surface area contributed by atoms with Gasteiger partial charge in [-0.25, -0.2) is 9.97 Å². The molecule has 2 aliphatic carbocycles. The van der Waals surface area contributed by atoms with E-state index in [1.165, 1.54) is 29.9 Å². The van der Waals surface area contributed by atoms with Crippen molar-refractivity contribution in [1.82, 2.24) is 35.4 Å². The third-order valence-electron chi connectivity index (χ3n) is 10.8. The Kier molecular flexibility index (Phi) is 13.8. The van der Waals surface area contributed by atoms with E-state index < -0.39 is 6.04 Å². The zero-order chi connectivity index (χ0) is 38.1. The molecule has 0 spiro atoms. The molecular formula is C39H53ClN8O6S. The predicted octanol–water partition coefficient (Wildman–Crippen LogP) is 4.06. The Bertz CT molecular complexity index is 1790. The Morgan fingerprint density at radius 3 is 2.40 bits per heavy atom. The number of rotatable bonds is 21. The van der Waals surface area contributed by atoms with E-state index in [1.807, 2.05) is 6.07 Å². The first-order valence-corrected chi connectivity index (χ1v) is 20.9. The molecule has 298 valence electrons. The van der Waals surface area contributed by atoms with Gasteiger partial charge >= 0.3 is 0 Å². The number of anilines is 1. The Hall–Kier alpha value is -3.44. The second-order valence-corrected chi connectivity index (χ2v) is 16.5. The maximum Gasteiger partial charge on any atom is 0.265 e. The SMILES string of the molecule is Cn1ccc(-c2nc(NC3CCC(NCCOCCOCCOCCNCc4cc5c(s4)C(=O)N(C4CCC(=O)NC4=O)C5)CC3)ncc2Cl)c1CC1CC1. The Balaban J connectivity index is 0.674. The average Bonchev–Trinajstić information content (AvgIpc) is 3.69. The van der Waals surface area contributed by atoms with Crippen LogP contribution in [0.3, 0.4) is 0 Å². The number of halogens is 1. The maximum absolute atomic E-state index is 12.9. The highest BCUT2D eigenvalue weighted by Gasteiger charge is 2.40. The fourth-order valence-corrected chi connectivity index (χ4v) is 8.89. The lowest BCUT2D eigenvalue weighted by Gasteiger charge is -2.29. The number of aryl methyl sites for hydroxylation is 1. The van der Waals surface area contributed by atoms with Crippen molar-refractivity contribution in [2.24, 2.45) is 13.0 Å². The molecule has 7 rings (SSSR count). The van der Waals surface area contributed by atoms with E-state index in [-0.39, 0.29) is 24.1 Å². The van der Waals surface area contributed by atoms with Crippen molar-refractivity contribution < 1.29 is 28.6 Å². The molecule has 3 fully saturated rings. The number of amides is 3. The van der Waals surface area contributed by atoms with Gasteiger partial charge in [0.15, 0.2) is 0 Å². The number of hydrogen-bond donors (Lipinski definition) is 4. The molecule has 5 heterocycles. The fourth-order valence-electron chi connectivity index (χ4n) is 7.60. The van der Waals surface area contributed by atoms with Gasteiger partial charge in [-0.2, -0.15) is 0 Å². The quantitative estimate of drug-likeness (QED) is 0.0910. The molecule has 4 aliphatic rings. The highest BCUT2D eigenvalue weighted by Crippen LogP contribution is 2.38. The number of carbonyl (C=O) groups is 3. The number of ether oxygens (including phenoxy) is 3. The molecular weight excluding hydrogens is 744 g/mol. The minimum atomic E-state index is -0.577. The molecule has 4 N–H and O–H groups in total. The van der Waals surface area contributed by atoms with Gasteiger partial charge in [-0.1, -0.05) is 11.6 Å². The summed E-state index contributed by atoms with van der Waals surface area (Å²) >= 11 is 8.04. The highest BCUT2D eigenvalue weighted by molar-refractivity contribution is 7.14. The van der Waals surface area contributed by atoms with Gasteiger partial charge in [-0.15, -0.1) is 11.3 Å². The number of piperidine rings is 1. The van der Waals surface area contributed by atoms with Crippen LogP contribution >= 0.6 is 22.9 Å². The molecule has 1 atom stereocenters. The molecule has 3 aromatic heterocycles. The van der Waals surface area contributed by atoms with Gasteiger partial charge in [0.2, 0.25) is 17.8 Å². The Morgan fingerprint density at radius 1 is 0.945 bits per heavy atom. The van der Waals surface area contributed by atoms with Crippen molar-refractivity contribution >= 4 is 46.6 Å². The van der Waals surface area contributed by atoms with E-state index in [4.69, 9.17) is 30.8 Å². The Labute approximate surface area is 331 Å². The second kappa shape index (κ2) is 19.1. The normalized spacial score (nSPS) is 21.3. The zero-order valence-electron chi connectivity index (χ0n) is 31.6. The van der Waals surface area contributed by atoms with Gasteiger partial charge in [-0.3, -0.25) is 19.7 Å². The number of carbonyl (C=O) groups excluding carboxylic acids is 3. The first kappa shape index (κ1) is 39.8. The number of aromatic nitrogens is 3. The molecule has 1 saturated heterocycles. The van der Waals surface area contributed by atoms with Crippen LogP contribution in [0.1, 0.15) is 77.2 Å². The van der Waals surface area contributed by atoms with E-state index in [9.17, 15) is 14.4 Å². The number of hydrogen-bond acceptors (Lipinski definition) is 12. The van der Waals surface area contributed by atoms with Crippen LogP contribution in [0.2, 0.25) is 5.02 Å². The van der Waals surface area contributed by atoms with Crippen molar-refractivity contribution in [3.05, 3.63) is 50.6 Å². The van der Waals surface area contributed by atoms with Gasteiger partial charge < -0.3 is 39.6 Å². The van der Waals surface area contributed by atoms with Crippen LogP contribution in [0.25, 0.3) is 11.3 Å². The van der Waals surface area contributed by atoms with E-state index >= 15 is 0 Å². The molecule has 16 heteroatoms. The molecule has 0 aromatic carbocycles. The lowest BCUT2D eigenvalue weighted by atomic mass is 9.91. The van der Waals surface area contributed by atoms with Crippen LogP contribution in [-0.2, 0) is 50.4 Å². The van der Waals surface area contributed by atoms with E-state index in [1.54, 1.807) is 11.1 Å². The summed E-state index contributed by atoms with van der Waals surface area (Å²) in [5.74, 6) is 0.633. The summed E-state index contributed by atoms with van der Waals surface area (Å²) in [7, 11) is 2.10. The van der Waals surface area contributed by atoms with Crippen LogP contribution < -0.4 is 21.3 Å². The summed E-state index contributed by atoms with van der Waals surface area (Å²) in [6, 6.07) is 4.39. The summed E-state index contributed by atoms with van der Waals surface area (Å²) in [4.78, 5) is 49.3. The standard InChI is InChI=1S/C39H53ClN8O6S/c1-47-13-10-30(33(47)20-25-2-3-25)35-31(40)23-43-39(46-35)44-28-6-4-27(5-7-28)42-12-15-53-17-19-54-18-16-52-14-11-41-22-29-21-26-24-48(38(51)36(26)55-29)32-8-9-34(49)45-37(32)50/h10,13,21,23,25,27-28,32,41-42H,2-9,11-12,14-20,22,24H2,1H3,(H,43,44,46)(H,45,49,50). The minimum absolute atomic E-state index is 0.130. The van der Waals surface area contributed by atoms with Crippen molar-refractivity contribution in [1.29, 1.82) is 0 Å². The topological polar surface area (TPSA) is 161 Å². The number of imide groups is 1. The van der Waals surface area contributed by atoms with E-state index in [2.05, 4.69) is 50.1 Å². The highest BCUT2D eigenvalue weighted by atomic mass is 35.5. The minimum Gasteiger partial charge on any atom is -0.378 e. The summed E-state index contributed by atoms with van der Waals surface area (Å²) in [6.07, 6.45) is 12.4. The van der Waals surface area contributed by atoms with Crippen molar-refractivity contribution in [2.75, 3.05) is 58.0 Å². The van der Waals surface area contributed by atoms with Gasteiger partial charge in [0.25, 0.3) is 5.91 Å². The molecule has 55 heavy (non-hydrogen) atoms. The fraction of sp³-hybridized carbons (Fsp3) is 0.615. The Morgan fingerprint density at radius 2 is 1.67 bits per heavy atom. The molecule has 2 saturated carbocycles.